The number of pyridine rings is 1. The van der Waals surface area contributed by atoms with Gasteiger partial charge in [0.2, 0.25) is 0 Å². The van der Waals surface area contributed by atoms with Crippen molar-refractivity contribution in [2.24, 2.45) is 0 Å². The lowest BCUT2D eigenvalue weighted by Gasteiger charge is -2.32. The number of hydrogen-bond donors (Lipinski definition) is 1. The predicted molar refractivity (Wildman–Crippen MR) is 72.1 cm³/mol. The Kier molecular flexibility index (Phi) is 3.03. The van der Waals surface area contributed by atoms with Crippen molar-refractivity contribution in [3.05, 3.63) is 53.1 Å². The van der Waals surface area contributed by atoms with Gasteiger partial charge in [0.15, 0.2) is 6.10 Å². The van der Waals surface area contributed by atoms with Gasteiger partial charge in [-0.25, -0.2) is 4.39 Å². The molecule has 1 aromatic heterocycles. The minimum Gasteiger partial charge on any atom is -0.480 e. The molecule has 1 aliphatic rings. The average molecular weight is 279 g/mol. The molecule has 2 heterocycles. The van der Waals surface area contributed by atoms with Crippen LogP contribution in [0.5, 0.6) is 5.75 Å². The fourth-order valence-corrected chi connectivity index (χ4v) is 2.32. The highest BCUT2D eigenvalue weighted by molar-refractivity contribution is 6.30. The van der Waals surface area contributed by atoms with Crippen LogP contribution in [0.4, 0.5) is 10.1 Å². The van der Waals surface area contributed by atoms with E-state index in [1.807, 2.05) is 19.1 Å². The first-order valence-electron chi connectivity index (χ1n) is 5.98. The summed E-state index contributed by atoms with van der Waals surface area (Å²) in [4.78, 5) is 4.08. The van der Waals surface area contributed by atoms with Crippen LogP contribution in [0.25, 0.3) is 0 Å². The normalized spacial score (nSPS) is 21.2. The molecule has 0 fully saturated rings. The molecule has 0 aliphatic carbocycles. The van der Waals surface area contributed by atoms with Gasteiger partial charge in [0, 0.05) is 5.02 Å². The van der Waals surface area contributed by atoms with Crippen LogP contribution in [0, 0.1) is 5.82 Å². The van der Waals surface area contributed by atoms with Crippen LogP contribution in [0.15, 0.2) is 36.5 Å². The van der Waals surface area contributed by atoms with Crippen LogP contribution in [0.1, 0.15) is 18.7 Å². The van der Waals surface area contributed by atoms with Crippen molar-refractivity contribution in [1.29, 1.82) is 0 Å². The van der Waals surface area contributed by atoms with Crippen molar-refractivity contribution in [3.8, 4) is 5.75 Å². The second-order valence-electron chi connectivity index (χ2n) is 4.51. The Balaban J connectivity index is 1.93. The van der Waals surface area contributed by atoms with E-state index in [0.29, 0.717) is 10.7 Å². The standard InChI is InChI=1S/C14H12ClFN2O/c1-8-14(11-4-3-10(16)7-17-11)19-13-5-2-9(15)6-12(13)18-8/h2-8,14,18H,1H3. The number of nitrogens with zero attached hydrogens (tertiary/aromatic N) is 1. The van der Waals surface area contributed by atoms with E-state index in [2.05, 4.69) is 10.3 Å². The molecule has 3 rings (SSSR count). The van der Waals surface area contributed by atoms with Crippen molar-refractivity contribution < 1.29 is 9.13 Å². The maximum atomic E-state index is 12.9. The van der Waals surface area contributed by atoms with Crippen LogP contribution < -0.4 is 10.1 Å². The predicted octanol–water partition coefficient (Wildman–Crippen LogP) is 3.81. The van der Waals surface area contributed by atoms with E-state index >= 15 is 0 Å². The Hall–Kier alpha value is -1.81. The number of aromatic nitrogens is 1. The van der Waals surface area contributed by atoms with Crippen LogP contribution in [-0.2, 0) is 0 Å². The van der Waals surface area contributed by atoms with Crippen molar-refractivity contribution in [1.82, 2.24) is 4.98 Å². The molecule has 0 spiro atoms. The summed E-state index contributed by atoms with van der Waals surface area (Å²) in [5.74, 6) is 0.367. The van der Waals surface area contributed by atoms with Crippen LogP contribution >= 0.6 is 11.6 Å². The topological polar surface area (TPSA) is 34.1 Å². The Morgan fingerprint density at radius 3 is 2.89 bits per heavy atom. The molecular weight excluding hydrogens is 267 g/mol. The second kappa shape index (κ2) is 4.70. The number of ether oxygens (including phenoxy) is 1. The van der Waals surface area contributed by atoms with E-state index < -0.39 is 0 Å². The molecule has 98 valence electrons. The summed E-state index contributed by atoms with van der Waals surface area (Å²) in [6.45, 7) is 1.99. The molecule has 1 aliphatic heterocycles. The number of benzene rings is 1. The summed E-state index contributed by atoms with van der Waals surface area (Å²) < 4.78 is 18.8. The third kappa shape index (κ3) is 2.36. The molecule has 0 saturated heterocycles. The molecule has 0 radical (unpaired) electrons. The number of rotatable bonds is 1. The highest BCUT2D eigenvalue weighted by atomic mass is 35.5. The third-order valence-electron chi connectivity index (χ3n) is 3.07. The Labute approximate surface area is 115 Å². The first-order chi connectivity index (χ1) is 9.13. The molecule has 5 heteroatoms. The number of nitrogens with one attached hydrogen (secondary N) is 1. The summed E-state index contributed by atoms with van der Waals surface area (Å²) in [6.07, 6.45) is 0.942. The van der Waals surface area contributed by atoms with Crippen molar-refractivity contribution >= 4 is 17.3 Å². The molecule has 0 bridgehead atoms. The van der Waals surface area contributed by atoms with Gasteiger partial charge in [-0.15, -0.1) is 0 Å². The lowest BCUT2D eigenvalue weighted by molar-refractivity contribution is 0.173. The summed E-state index contributed by atoms with van der Waals surface area (Å²) in [6, 6.07) is 8.44. The van der Waals surface area contributed by atoms with Crippen LogP contribution in [-0.4, -0.2) is 11.0 Å². The fourth-order valence-electron chi connectivity index (χ4n) is 2.15. The molecular formula is C14H12ClFN2O. The summed E-state index contributed by atoms with van der Waals surface area (Å²) in [7, 11) is 0. The molecule has 0 amide bonds. The van der Waals surface area contributed by atoms with Gasteiger partial charge in [0.1, 0.15) is 11.6 Å². The molecule has 2 atom stereocenters. The molecule has 1 aromatic carbocycles. The monoisotopic (exact) mass is 278 g/mol. The maximum absolute atomic E-state index is 12.9. The van der Waals surface area contributed by atoms with E-state index in [4.69, 9.17) is 16.3 Å². The average Bonchev–Trinajstić information content (AvgIpc) is 2.39. The lowest BCUT2D eigenvalue weighted by atomic mass is 10.1. The minimum absolute atomic E-state index is 0.0175. The number of hydrogen-bond acceptors (Lipinski definition) is 3. The van der Waals surface area contributed by atoms with Crippen molar-refractivity contribution in [3.63, 3.8) is 0 Å². The molecule has 0 saturated carbocycles. The lowest BCUT2D eigenvalue weighted by Crippen LogP contribution is -2.33. The number of halogens is 2. The van der Waals surface area contributed by atoms with Crippen LogP contribution in [0.3, 0.4) is 0 Å². The summed E-state index contributed by atoms with van der Waals surface area (Å²) in [5.41, 5.74) is 1.56. The Morgan fingerprint density at radius 2 is 2.16 bits per heavy atom. The first-order valence-corrected chi connectivity index (χ1v) is 6.35. The van der Waals surface area contributed by atoms with Crippen LogP contribution in [0.2, 0.25) is 5.02 Å². The Bertz CT molecular complexity index is 603. The largest absolute Gasteiger partial charge is 0.480 e. The van der Waals surface area contributed by atoms with E-state index in [1.165, 1.54) is 12.3 Å². The first kappa shape index (κ1) is 12.2. The smallest absolute Gasteiger partial charge is 0.160 e. The second-order valence-corrected chi connectivity index (χ2v) is 4.95. The van der Waals surface area contributed by atoms with E-state index in [1.54, 1.807) is 12.1 Å². The van der Waals surface area contributed by atoms with Gasteiger partial charge in [-0.3, -0.25) is 4.98 Å². The summed E-state index contributed by atoms with van der Waals surface area (Å²) in [5, 5.41) is 3.97. The van der Waals surface area contributed by atoms with Gasteiger partial charge in [0.25, 0.3) is 0 Å². The number of fused-ring (bicyclic) bond motifs is 1. The third-order valence-corrected chi connectivity index (χ3v) is 3.31. The maximum Gasteiger partial charge on any atom is 0.160 e. The van der Waals surface area contributed by atoms with Gasteiger partial charge in [-0.1, -0.05) is 11.6 Å². The zero-order chi connectivity index (χ0) is 13.4. The zero-order valence-corrected chi connectivity index (χ0v) is 11.0. The molecule has 2 aromatic rings. The highest BCUT2D eigenvalue weighted by Gasteiger charge is 2.28. The summed E-state index contributed by atoms with van der Waals surface area (Å²) >= 11 is 5.95. The van der Waals surface area contributed by atoms with Gasteiger partial charge in [-0.05, 0) is 37.3 Å². The highest BCUT2D eigenvalue weighted by Crippen LogP contribution is 2.38. The molecule has 19 heavy (non-hydrogen) atoms. The molecule has 3 nitrogen and oxygen atoms in total. The molecule has 2 unspecified atom stereocenters. The minimum atomic E-state index is -0.354. The fraction of sp³-hybridized carbons (Fsp3) is 0.214. The van der Waals surface area contributed by atoms with Crippen molar-refractivity contribution in [2.75, 3.05) is 5.32 Å². The van der Waals surface area contributed by atoms with Gasteiger partial charge >= 0.3 is 0 Å². The zero-order valence-electron chi connectivity index (χ0n) is 10.2. The van der Waals surface area contributed by atoms with E-state index in [-0.39, 0.29) is 18.0 Å². The quantitative estimate of drug-likeness (QED) is 0.861. The van der Waals surface area contributed by atoms with Gasteiger partial charge < -0.3 is 10.1 Å². The Morgan fingerprint density at radius 1 is 1.32 bits per heavy atom. The van der Waals surface area contributed by atoms with E-state index in [0.717, 1.165) is 11.4 Å². The van der Waals surface area contributed by atoms with E-state index in [9.17, 15) is 4.39 Å². The van der Waals surface area contributed by atoms with Gasteiger partial charge in [0.05, 0.1) is 23.6 Å². The SMILES string of the molecule is CC1Nc2cc(Cl)ccc2OC1c1ccc(F)cn1. The number of anilines is 1. The van der Waals surface area contributed by atoms with Gasteiger partial charge in [-0.2, -0.15) is 0 Å². The molecule has 1 N–H and O–H groups in total. The van der Waals surface area contributed by atoms with Crippen molar-refractivity contribution in [2.45, 2.75) is 19.1 Å².